The third kappa shape index (κ3) is 6.77. The summed E-state index contributed by atoms with van der Waals surface area (Å²) in [7, 11) is 0. The van der Waals surface area contributed by atoms with E-state index in [1.807, 2.05) is 84.9 Å². The molecule has 0 radical (unpaired) electrons. The van der Waals surface area contributed by atoms with Crippen LogP contribution in [0.5, 0.6) is 0 Å². The molecular formula is C56H39N. The maximum absolute atomic E-state index is 9.77. The van der Waals surface area contributed by atoms with E-state index >= 15 is 0 Å². The smallest absolute Gasteiger partial charge is 0.0645 e. The molecule has 0 atom stereocenters. The first-order valence-corrected chi connectivity index (χ1v) is 18.1. The fraction of sp³-hybridized carbons (Fsp3) is 0. The van der Waals surface area contributed by atoms with Gasteiger partial charge in [0.05, 0.1) is 26.0 Å². The largest absolute Gasteiger partial charge is 0.311 e. The van der Waals surface area contributed by atoms with Gasteiger partial charge in [0.25, 0.3) is 0 Å². The van der Waals surface area contributed by atoms with Crippen LogP contribution in [-0.2, 0) is 0 Å². The van der Waals surface area contributed by atoms with Gasteiger partial charge in [0.2, 0.25) is 0 Å². The summed E-state index contributed by atoms with van der Waals surface area (Å²) in [6.07, 6.45) is 0. The van der Waals surface area contributed by atoms with Gasteiger partial charge >= 0.3 is 0 Å². The normalized spacial score (nSPS) is 15.8. The first-order valence-electron chi connectivity index (χ1n) is 27.6. The highest BCUT2D eigenvalue weighted by molar-refractivity contribution is 6.04. The predicted octanol–water partition coefficient (Wildman–Crippen LogP) is 15.8. The minimum atomic E-state index is -1.03. The lowest BCUT2D eigenvalue weighted by atomic mass is 9.90. The van der Waals surface area contributed by atoms with Crippen LogP contribution in [0.15, 0.2) is 236 Å². The van der Waals surface area contributed by atoms with Crippen LogP contribution >= 0.6 is 0 Å². The SMILES string of the molecule is [2H]c1c([2H])c(N(c2c([2H])c([2H])c(-c3ccc4ccccc4c3-c3ccccc3)c([2H])c2[2H])c2c([2H])c([2H])c(-c3c([2H])c([2H])c4c([2H])c([2H])c([2H])c([2H])c4c3[2H])c([2H])c2[2H])c([2H])c([2H])c1-c1cccc(-c2ccccc2)c1. The van der Waals surface area contributed by atoms with E-state index in [9.17, 15) is 17.8 Å². The minimum Gasteiger partial charge on any atom is -0.311 e. The van der Waals surface area contributed by atoms with Gasteiger partial charge in [-0.25, -0.2) is 0 Å². The average Bonchev–Trinajstić information content (AvgIpc) is 3.54. The van der Waals surface area contributed by atoms with Gasteiger partial charge in [-0.1, -0.05) is 188 Å². The number of rotatable bonds is 8. The van der Waals surface area contributed by atoms with Gasteiger partial charge in [0.1, 0.15) is 0 Å². The van der Waals surface area contributed by atoms with Crippen molar-refractivity contribution in [1.82, 2.24) is 0 Å². The highest BCUT2D eigenvalue weighted by atomic mass is 15.1. The van der Waals surface area contributed by atoms with Crippen molar-refractivity contribution in [1.29, 1.82) is 0 Å². The molecule has 0 amide bonds. The Morgan fingerprint density at radius 2 is 0.825 bits per heavy atom. The van der Waals surface area contributed by atoms with Gasteiger partial charge in [0.15, 0.2) is 0 Å². The van der Waals surface area contributed by atoms with Crippen LogP contribution in [0, 0.1) is 0 Å². The Morgan fingerprint density at radius 3 is 1.49 bits per heavy atom. The highest BCUT2D eigenvalue weighted by Crippen LogP contribution is 2.41. The quantitative estimate of drug-likeness (QED) is 0.150. The lowest BCUT2D eigenvalue weighted by molar-refractivity contribution is 1.28. The average molecular weight is 745 g/mol. The van der Waals surface area contributed by atoms with Crippen molar-refractivity contribution in [2.75, 3.05) is 4.90 Å². The Labute approximate surface area is 361 Å². The van der Waals surface area contributed by atoms with Crippen molar-refractivity contribution < 1.29 is 26.0 Å². The molecule has 10 rings (SSSR count). The summed E-state index contributed by atoms with van der Waals surface area (Å²) in [5.41, 5.74) is -0.867. The molecule has 0 aliphatic heterocycles. The maximum Gasteiger partial charge on any atom is 0.0645 e. The summed E-state index contributed by atoms with van der Waals surface area (Å²) in [6.45, 7) is 0. The van der Waals surface area contributed by atoms with Crippen LogP contribution in [-0.4, -0.2) is 0 Å². The Bertz CT molecular complexity index is 4020. The van der Waals surface area contributed by atoms with Crippen molar-refractivity contribution in [2.24, 2.45) is 0 Å². The van der Waals surface area contributed by atoms with Crippen LogP contribution in [0.25, 0.3) is 77.2 Å². The van der Waals surface area contributed by atoms with Gasteiger partial charge in [-0.3, -0.25) is 0 Å². The second kappa shape index (κ2) is 15.0. The molecule has 0 bridgehead atoms. The monoisotopic (exact) mass is 744 g/mol. The molecule has 0 saturated heterocycles. The summed E-state index contributed by atoms with van der Waals surface area (Å²) in [6, 6.07) is 20.6. The van der Waals surface area contributed by atoms with E-state index in [0.717, 1.165) is 16.3 Å². The summed E-state index contributed by atoms with van der Waals surface area (Å²) < 4.78 is 176. The van der Waals surface area contributed by atoms with E-state index in [0.29, 0.717) is 27.2 Å². The van der Waals surface area contributed by atoms with Gasteiger partial charge in [-0.05, 0) is 126 Å². The fourth-order valence-electron chi connectivity index (χ4n) is 6.78. The number of hydrogen-bond donors (Lipinski definition) is 0. The lowest BCUT2D eigenvalue weighted by Crippen LogP contribution is -2.09. The zero-order valence-electron chi connectivity index (χ0n) is 49.0. The van der Waals surface area contributed by atoms with Gasteiger partial charge in [-0.15, -0.1) is 0 Å². The molecule has 10 aromatic rings. The number of anilines is 3. The Hall–Kier alpha value is -7.48. The number of hydrogen-bond acceptors (Lipinski definition) is 1. The number of fused-ring (bicyclic) bond motifs is 2. The van der Waals surface area contributed by atoms with Crippen LogP contribution in [0.4, 0.5) is 17.1 Å². The molecule has 10 aromatic carbocycles. The maximum atomic E-state index is 9.77. The molecule has 0 aromatic heterocycles. The molecule has 1 nitrogen and oxygen atoms in total. The lowest BCUT2D eigenvalue weighted by Gasteiger charge is -2.26. The standard InChI is InChI=1S/C56H39N/c1-3-12-40(13-4-1)48-19-11-20-49(38-48)42-24-31-51(32-25-42)57(52-33-26-43(27-34-52)50-23-22-41-14-7-8-18-47(41)39-50)53-35-28-45(29-36-53)55-37-30-44-15-9-10-21-54(44)56(55)46-16-5-2-6-17-46/h1-39H/i7D,8D,14D,18D,22D,23D,24D,25D,26D,27D,28D,29D,31D,32D,33D,34D,35D,36D,39D. The highest BCUT2D eigenvalue weighted by Gasteiger charge is 2.16. The first-order chi connectivity index (χ1) is 36.2. The van der Waals surface area contributed by atoms with Gasteiger partial charge < -0.3 is 4.90 Å². The van der Waals surface area contributed by atoms with E-state index in [4.69, 9.17) is 8.22 Å². The van der Waals surface area contributed by atoms with Crippen molar-refractivity contribution >= 4 is 38.6 Å². The number of nitrogens with zero attached hydrogens (tertiary/aromatic N) is 1. The molecule has 0 saturated carbocycles. The molecule has 0 aliphatic carbocycles. The topological polar surface area (TPSA) is 3.24 Å². The van der Waals surface area contributed by atoms with Crippen LogP contribution in [0.3, 0.4) is 0 Å². The zero-order chi connectivity index (χ0) is 54.5. The molecule has 268 valence electrons. The third-order valence-corrected chi connectivity index (χ3v) is 9.53. The molecular weight excluding hydrogens is 687 g/mol. The molecule has 0 heterocycles. The second-order valence-electron chi connectivity index (χ2n) is 13.0. The van der Waals surface area contributed by atoms with Crippen LogP contribution < -0.4 is 4.90 Å². The Kier molecular flexibility index (Phi) is 5.10. The molecule has 0 N–H and O–H groups in total. The minimum absolute atomic E-state index is 0.169. The molecule has 57 heavy (non-hydrogen) atoms. The fourth-order valence-corrected chi connectivity index (χ4v) is 6.78. The van der Waals surface area contributed by atoms with E-state index in [-0.39, 0.29) is 16.7 Å². The first kappa shape index (κ1) is 19.4. The van der Waals surface area contributed by atoms with E-state index in [1.54, 1.807) is 36.4 Å². The van der Waals surface area contributed by atoms with Crippen molar-refractivity contribution in [3.8, 4) is 55.6 Å². The van der Waals surface area contributed by atoms with Gasteiger partial charge in [-0.2, -0.15) is 0 Å². The summed E-state index contributed by atoms with van der Waals surface area (Å²) >= 11 is 0. The predicted molar refractivity (Wildman–Crippen MR) is 243 cm³/mol. The summed E-state index contributed by atoms with van der Waals surface area (Å²) in [4.78, 5) is 0.661. The second-order valence-corrected chi connectivity index (χ2v) is 13.0. The Balaban J connectivity index is 1.29. The zero-order valence-corrected chi connectivity index (χ0v) is 30.0. The van der Waals surface area contributed by atoms with Crippen molar-refractivity contribution in [3.63, 3.8) is 0 Å². The molecule has 0 spiro atoms. The third-order valence-electron chi connectivity index (χ3n) is 9.53. The molecule has 0 aliphatic rings. The van der Waals surface area contributed by atoms with E-state index in [2.05, 4.69) is 0 Å². The number of benzene rings is 10. The molecule has 0 unspecified atom stereocenters. The summed E-state index contributed by atoms with van der Waals surface area (Å²) in [5.74, 6) is 0. The van der Waals surface area contributed by atoms with Crippen LogP contribution in [0.2, 0.25) is 0 Å². The summed E-state index contributed by atoms with van der Waals surface area (Å²) in [5, 5.41) is 0.545. The van der Waals surface area contributed by atoms with Crippen molar-refractivity contribution in [3.05, 3.63) is 236 Å². The molecule has 0 fully saturated rings. The van der Waals surface area contributed by atoms with Gasteiger partial charge in [0, 0.05) is 17.1 Å². The molecule has 1 heteroatoms. The van der Waals surface area contributed by atoms with E-state index < -0.39 is 154 Å². The van der Waals surface area contributed by atoms with Crippen molar-refractivity contribution in [2.45, 2.75) is 0 Å². The van der Waals surface area contributed by atoms with Crippen LogP contribution in [0.1, 0.15) is 26.0 Å². The Morgan fingerprint density at radius 1 is 0.316 bits per heavy atom. The van der Waals surface area contributed by atoms with E-state index in [1.165, 1.54) is 0 Å².